The zero-order chi connectivity index (χ0) is 14.2. The predicted molar refractivity (Wildman–Crippen MR) is 85.7 cm³/mol. The molecule has 0 atom stereocenters. The Balaban J connectivity index is 3.06. The van der Waals surface area contributed by atoms with Gasteiger partial charge in [0.25, 0.3) is 0 Å². The first-order valence-electron chi connectivity index (χ1n) is 8.10. The first-order chi connectivity index (χ1) is 9.27. The fourth-order valence-electron chi connectivity index (χ4n) is 2.16. The van der Waals surface area contributed by atoms with E-state index in [4.69, 9.17) is 11.6 Å². The van der Waals surface area contributed by atoms with Crippen LogP contribution in [-0.2, 0) is 4.79 Å². The minimum Gasteiger partial charge on any atom is -0.281 e. The third kappa shape index (κ3) is 17.7. The molecule has 0 spiro atoms. The monoisotopic (exact) mass is 286 g/mol. The van der Waals surface area contributed by atoms with Crippen molar-refractivity contribution in [3.05, 3.63) is 12.2 Å². The van der Waals surface area contributed by atoms with Gasteiger partial charge in [0.15, 0.2) is 0 Å². The molecule has 0 fully saturated rings. The summed E-state index contributed by atoms with van der Waals surface area (Å²) >= 11 is 5.28. The molecule has 0 aliphatic rings. The number of unbranched alkanes of at least 4 members (excludes halogenated alkanes) is 10. The molecule has 2 heteroatoms. The molecule has 0 heterocycles. The van der Waals surface area contributed by atoms with Gasteiger partial charge in [0, 0.05) is 6.42 Å². The van der Waals surface area contributed by atoms with E-state index < -0.39 is 0 Å². The standard InChI is InChI=1S/C17H31ClO/c1-2-3-4-5-6-7-8-9-10-11-12-13-14-15-16-17(18)19/h8-9H,2-7,10-16H2,1H3/b9-8+. The summed E-state index contributed by atoms with van der Waals surface area (Å²) < 4.78 is 0. The second-order valence-electron chi connectivity index (χ2n) is 5.34. The average Bonchev–Trinajstić information content (AvgIpc) is 2.39. The smallest absolute Gasteiger partial charge is 0.221 e. The van der Waals surface area contributed by atoms with E-state index in [0.717, 1.165) is 12.8 Å². The van der Waals surface area contributed by atoms with Gasteiger partial charge in [0.05, 0.1) is 0 Å². The molecular weight excluding hydrogens is 256 g/mol. The molecule has 1 nitrogen and oxygen atoms in total. The summed E-state index contributed by atoms with van der Waals surface area (Å²) in [5.74, 6) is 0. The Morgan fingerprint density at radius 1 is 0.789 bits per heavy atom. The van der Waals surface area contributed by atoms with Gasteiger partial charge >= 0.3 is 0 Å². The van der Waals surface area contributed by atoms with E-state index >= 15 is 0 Å². The maximum atomic E-state index is 10.5. The van der Waals surface area contributed by atoms with E-state index in [0.29, 0.717) is 6.42 Å². The van der Waals surface area contributed by atoms with E-state index in [1.807, 2.05) is 0 Å². The molecule has 0 aliphatic carbocycles. The Morgan fingerprint density at radius 3 is 1.79 bits per heavy atom. The number of carbonyl (C=O) groups is 1. The molecule has 0 unspecified atom stereocenters. The van der Waals surface area contributed by atoms with Crippen LogP contribution in [0.1, 0.15) is 90.4 Å². The second-order valence-corrected chi connectivity index (χ2v) is 5.76. The summed E-state index contributed by atoms with van der Waals surface area (Å²) in [5.41, 5.74) is 0. The molecule has 0 aromatic heterocycles. The highest BCUT2D eigenvalue weighted by Crippen LogP contribution is 2.09. The third-order valence-electron chi connectivity index (χ3n) is 3.39. The summed E-state index contributed by atoms with van der Waals surface area (Å²) in [7, 11) is 0. The summed E-state index contributed by atoms with van der Waals surface area (Å²) in [6, 6.07) is 0. The van der Waals surface area contributed by atoms with Crippen LogP contribution < -0.4 is 0 Å². The lowest BCUT2D eigenvalue weighted by atomic mass is 10.1. The summed E-state index contributed by atoms with van der Waals surface area (Å²) in [6.45, 7) is 2.26. The molecule has 0 aromatic carbocycles. The summed E-state index contributed by atoms with van der Waals surface area (Å²) in [5, 5.41) is -0.193. The number of hydrogen-bond acceptors (Lipinski definition) is 1. The van der Waals surface area contributed by atoms with Crippen LogP contribution >= 0.6 is 11.6 Å². The number of allylic oxidation sites excluding steroid dienone is 2. The topological polar surface area (TPSA) is 17.1 Å². The van der Waals surface area contributed by atoms with E-state index in [1.165, 1.54) is 64.2 Å². The van der Waals surface area contributed by atoms with Crippen LogP contribution in [0.15, 0.2) is 12.2 Å². The van der Waals surface area contributed by atoms with Gasteiger partial charge in [-0.1, -0.05) is 64.0 Å². The Hall–Kier alpha value is -0.300. The Labute approximate surface area is 124 Å². The fraction of sp³-hybridized carbons (Fsp3) is 0.824. The van der Waals surface area contributed by atoms with Crippen molar-refractivity contribution in [2.75, 3.05) is 0 Å². The van der Waals surface area contributed by atoms with Crippen molar-refractivity contribution in [2.24, 2.45) is 0 Å². The van der Waals surface area contributed by atoms with Crippen LogP contribution in [0.2, 0.25) is 0 Å². The number of hydrogen-bond donors (Lipinski definition) is 0. The number of halogens is 1. The molecular formula is C17H31ClO. The van der Waals surface area contributed by atoms with Crippen molar-refractivity contribution in [2.45, 2.75) is 90.4 Å². The Bertz CT molecular complexity index is 223. The quantitative estimate of drug-likeness (QED) is 0.205. The van der Waals surface area contributed by atoms with Crippen molar-refractivity contribution < 1.29 is 4.79 Å². The van der Waals surface area contributed by atoms with Gasteiger partial charge in [-0.05, 0) is 43.7 Å². The zero-order valence-electron chi connectivity index (χ0n) is 12.6. The van der Waals surface area contributed by atoms with E-state index in [2.05, 4.69) is 19.1 Å². The van der Waals surface area contributed by atoms with E-state index in [1.54, 1.807) is 0 Å². The minimum atomic E-state index is -0.193. The highest BCUT2D eigenvalue weighted by molar-refractivity contribution is 6.63. The van der Waals surface area contributed by atoms with Crippen molar-refractivity contribution in [1.29, 1.82) is 0 Å². The molecule has 0 bridgehead atoms. The lowest BCUT2D eigenvalue weighted by Crippen LogP contribution is -1.86. The molecule has 19 heavy (non-hydrogen) atoms. The van der Waals surface area contributed by atoms with Crippen LogP contribution in [-0.4, -0.2) is 5.24 Å². The van der Waals surface area contributed by atoms with E-state index in [9.17, 15) is 4.79 Å². The van der Waals surface area contributed by atoms with Crippen LogP contribution in [0.25, 0.3) is 0 Å². The predicted octanol–water partition coefficient (Wildman–Crippen LogP) is 6.40. The maximum Gasteiger partial charge on any atom is 0.221 e. The van der Waals surface area contributed by atoms with Crippen molar-refractivity contribution in [3.8, 4) is 0 Å². The van der Waals surface area contributed by atoms with Gasteiger partial charge in [-0.15, -0.1) is 0 Å². The SMILES string of the molecule is CCCCCCC/C=C/CCCCCCCC(=O)Cl. The van der Waals surface area contributed by atoms with Gasteiger partial charge in [0.1, 0.15) is 0 Å². The van der Waals surface area contributed by atoms with Crippen LogP contribution in [0.4, 0.5) is 0 Å². The van der Waals surface area contributed by atoms with Crippen LogP contribution in [0.3, 0.4) is 0 Å². The molecule has 0 aromatic rings. The van der Waals surface area contributed by atoms with Gasteiger partial charge in [0.2, 0.25) is 5.24 Å². The first kappa shape index (κ1) is 18.7. The normalized spacial score (nSPS) is 11.3. The molecule has 0 rings (SSSR count). The summed E-state index contributed by atoms with van der Waals surface area (Å²) in [4.78, 5) is 10.5. The highest BCUT2D eigenvalue weighted by Gasteiger charge is 1.95. The molecule has 0 N–H and O–H groups in total. The van der Waals surface area contributed by atoms with Crippen molar-refractivity contribution in [3.63, 3.8) is 0 Å². The highest BCUT2D eigenvalue weighted by atomic mass is 35.5. The molecule has 0 aliphatic heterocycles. The first-order valence-corrected chi connectivity index (χ1v) is 8.48. The van der Waals surface area contributed by atoms with E-state index in [-0.39, 0.29) is 5.24 Å². The lowest BCUT2D eigenvalue weighted by molar-refractivity contribution is -0.111. The fourth-order valence-corrected chi connectivity index (χ4v) is 2.29. The molecule has 0 saturated carbocycles. The lowest BCUT2D eigenvalue weighted by Gasteiger charge is -1.98. The van der Waals surface area contributed by atoms with Gasteiger partial charge in [-0.25, -0.2) is 0 Å². The molecule has 112 valence electrons. The van der Waals surface area contributed by atoms with Gasteiger partial charge in [-0.3, -0.25) is 4.79 Å². The second kappa shape index (κ2) is 15.8. The third-order valence-corrected chi connectivity index (χ3v) is 3.57. The van der Waals surface area contributed by atoms with Crippen LogP contribution in [0, 0.1) is 0 Å². The molecule has 0 saturated heterocycles. The van der Waals surface area contributed by atoms with Crippen molar-refractivity contribution in [1.82, 2.24) is 0 Å². The van der Waals surface area contributed by atoms with Crippen LogP contribution in [0.5, 0.6) is 0 Å². The largest absolute Gasteiger partial charge is 0.281 e. The summed E-state index contributed by atoms with van der Waals surface area (Å²) in [6.07, 6.45) is 20.4. The number of rotatable bonds is 14. The average molecular weight is 287 g/mol. The Kier molecular flexibility index (Phi) is 15.5. The Morgan fingerprint density at radius 2 is 1.26 bits per heavy atom. The zero-order valence-corrected chi connectivity index (χ0v) is 13.4. The van der Waals surface area contributed by atoms with Crippen molar-refractivity contribution >= 4 is 16.8 Å². The maximum absolute atomic E-state index is 10.5. The number of carbonyl (C=O) groups excluding carboxylic acids is 1. The van der Waals surface area contributed by atoms with Gasteiger partial charge < -0.3 is 0 Å². The minimum absolute atomic E-state index is 0.193. The van der Waals surface area contributed by atoms with Gasteiger partial charge in [-0.2, -0.15) is 0 Å². The molecule has 0 radical (unpaired) electrons. The molecule has 0 amide bonds.